The number of aryl methyl sites for hydroxylation is 1. The van der Waals surface area contributed by atoms with Gasteiger partial charge in [-0.15, -0.1) is 0 Å². The highest BCUT2D eigenvalue weighted by molar-refractivity contribution is 5.89. The van der Waals surface area contributed by atoms with Crippen molar-refractivity contribution in [1.82, 2.24) is 5.32 Å². The number of alkyl carbamates (subject to hydrolysis) is 1. The van der Waals surface area contributed by atoms with Crippen molar-refractivity contribution in [3.8, 4) is 0 Å². The molecule has 0 saturated carbocycles. The third kappa shape index (κ3) is 5.58. The minimum absolute atomic E-state index is 0.00235. The summed E-state index contributed by atoms with van der Waals surface area (Å²) in [5.74, 6) is 0.0290. The van der Waals surface area contributed by atoms with Crippen LogP contribution < -0.4 is 5.32 Å². The minimum Gasteiger partial charge on any atom is -0.444 e. The van der Waals surface area contributed by atoms with Crippen LogP contribution in [0.15, 0.2) is 42.5 Å². The van der Waals surface area contributed by atoms with Gasteiger partial charge in [0.25, 0.3) is 0 Å². The molecule has 1 amide bonds. The highest BCUT2D eigenvalue weighted by Crippen LogP contribution is 2.20. The zero-order valence-corrected chi connectivity index (χ0v) is 16.3. The van der Waals surface area contributed by atoms with Gasteiger partial charge in [-0.25, -0.2) is 4.79 Å². The second-order valence-electron chi connectivity index (χ2n) is 7.97. The Morgan fingerprint density at radius 3 is 2.35 bits per heavy atom. The lowest BCUT2D eigenvalue weighted by Crippen LogP contribution is -2.46. The molecule has 2 aromatic rings. The van der Waals surface area contributed by atoms with Gasteiger partial charge in [-0.1, -0.05) is 56.3 Å². The van der Waals surface area contributed by atoms with Crippen LogP contribution >= 0.6 is 0 Å². The average molecular weight is 355 g/mol. The lowest BCUT2D eigenvalue weighted by molar-refractivity contribution is -0.122. The molecule has 26 heavy (non-hydrogen) atoms. The Hall–Kier alpha value is -2.36. The minimum atomic E-state index is -0.586. The van der Waals surface area contributed by atoms with E-state index in [0.717, 1.165) is 5.56 Å². The topological polar surface area (TPSA) is 55.4 Å². The van der Waals surface area contributed by atoms with Crippen LogP contribution in [0, 0.1) is 5.92 Å². The van der Waals surface area contributed by atoms with E-state index >= 15 is 0 Å². The van der Waals surface area contributed by atoms with Crippen molar-refractivity contribution in [1.29, 1.82) is 0 Å². The molecular formula is C22H29NO3. The summed E-state index contributed by atoms with van der Waals surface area (Å²) < 4.78 is 5.29. The van der Waals surface area contributed by atoms with E-state index in [9.17, 15) is 9.59 Å². The molecule has 0 aliphatic carbocycles. The van der Waals surface area contributed by atoms with Crippen molar-refractivity contribution < 1.29 is 14.3 Å². The number of nitrogens with one attached hydrogen (secondary N) is 1. The van der Waals surface area contributed by atoms with Crippen LogP contribution in [-0.4, -0.2) is 23.5 Å². The smallest absolute Gasteiger partial charge is 0.408 e. The van der Waals surface area contributed by atoms with Gasteiger partial charge in [0.1, 0.15) is 5.60 Å². The molecule has 2 aromatic carbocycles. The SMILES string of the molecule is CC(C)[C@H](NC(=O)OC(C)(C)C)C(=O)CCc1cccc2ccccc12. The van der Waals surface area contributed by atoms with Crippen molar-refractivity contribution in [2.45, 2.75) is 59.1 Å². The molecule has 0 bridgehead atoms. The fraction of sp³-hybridized carbons (Fsp3) is 0.455. The molecule has 0 fully saturated rings. The second kappa shape index (κ2) is 8.35. The van der Waals surface area contributed by atoms with E-state index in [0.29, 0.717) is 12.8 Å². The molecule has 2 rings (SSSR count). The average Bonchev–Trinajstić information content (AvgIpc) is 2.55. The predicted octanol–water partition coefficient (Wildman–Crippen LogP) is 4.89. The number of carbonyl (C=O) groups excluding carboxylic acids is 2. The molecule has 0 unspecified atom stereocenters. The monoisotopic (exact) mass is 355 g/mol. The fourth-order valence-electron chi connectivity index (χ4n) is 2.98. The van der Waals surface area contributed by atoms with Crippen molar-refractivity contribution in [3.63, 3.8) is 0 Å². The zero-order valence-electron chi connectivity index (χ0n) is 16.3. The van der Waals surface area contributed by atoms with Gasteiger partial charge in [-0.05, 0) is 49.4 Å². The van der Waals surface area contributed by atoms with E-state index < -0.39 is 17.7 Å². The third-order valence-electron chi connectivity index (χ3n) is 4.21. The fourth-order valence-corrected chi connectivity index (χ4v) is 2.98. The van der Waals surface area contributed by atoms with E-state index in [1.54, 1.807) is 20.8 Å². The first-order valence-electron chi connectivity index (χ1n) is 9.16. The molecule has 0 aliphatic rings. The molecule has 0 aromatic heterocycles. The van der Waals surface area contributed by atoms with Crippen LogP contribution in [0.1, 0.15) is 46.6 Å². The molecule has 1 N–H and O–H groups in total. The summed E-state index contributed by atoms with van der Waals surface area (Å²) in [6.07, 6.45) is 0.487. The van der Waals surface area contributed by atoms with Gasteiger partial charge in [0.15, 0.2) is 5.78 Å². The Morgan fingerprint density at radius 2 is 1.69 bits per heavy atom. The van der Waals surface area contributed by atoms with Crippen LogP contribution in [0.2, 0.25) is 0 Å². The number of rotatable bonds is 6. The first-order chi connectivity index (χ1) is 12.2. The lowest BCUT2D eigenvalue weighted by Gasteiger charge is -2.25. The Morgan fingerprint density at radius 1 is 1.04 bits per heavy atom. The Kier molecular flexibility index (Phi) is 6.41. The van der Waals surface area contributed by atoms with E-state index in [-0.39, 0.29) is 11.7 Å². The predicted molar refractivity (Wildman–Crippen MR) is 105 cm³/mol. The van der Waals surface area contributed by atoms with Crippen LogP contribution in [-0.2, 0) is 16.0 Å². The standard InChI is InChI=1S/C22H29NO3/c1-15(2)20(23-21(25)26-22(3,4)5)19(24)14-13-17-11-8-10-16-9-6-7-12-18(16)17/h6-12,15,20H,13-14H2,1-5H3,(H,23,25)/t20-/m0/s1. The lowest BCUT2D eigenvalue weighted by atomic mass is 9.94. The van der Waals surface area contributed by atoms with Gasteiger partial charge in [0, 0.05) is 6.42 Å². The first kappa shape index (κ1) is 20.0. The van der Waals surface area contributed by atoms with Crippen LogP contribution in [0.3, 0.4) is 0 Å². The zero-order chi connectivity index (χ0) is 19.3. The van der Waals surface area contributed by atoms with Crippen LogP contribution in [0.5, 0.6) is 0 Å². The number of carbonyl (C=O) groups is 2. The summed E-state index contributed by atoms with van der Waals surface area (Å²) in [5.41, 5.74) is 0.564. The van der Waals surface area contributed by atoms with E-state index in [4.69, 9.17) is 4.74 Å². The Labute approximate surface area is 155 Å². The number of amides is 1. The number of ether oxygens (including phenoxy) is 1. The number of ketones is 1. The maximum absolute atomic E-state index is 12.7. The molecule has 0 heterocycles. The molecule has 0 saturated heterocycles. The molecule has 0 aliphatic heterocycles. The third-order valence-corrected chi connectivity index (χ3v) is 4.21. The highest BCUT2D eigenvalue weighted by atomic mass is 16.6. The summed E-state index contributed by atoms with van der Waals surface area (Å²) >= 11 is 0. The molecule has 1 atom stereocenters. The summed E-state index contributed by atoms with van der Waals surface area (Å²) in [5, 5.41) is 5.08. The van der Waals surface area contributed by atoms with Gasteiger partial charge in [0.2, 0.25) is 0 Å². The van der Waals surface area contributed by atoms with Crippen LogP contribution in [0.25, 0.3) is 10.8 Å². The summed E-state index contributed by atoms with van der Waals surface area (Å²) in [7, 11) is 0. The number of hydrogen-bond acceptors (Lipinski definition) is 3. The molecule has 4 nitrogen and oxygen atoms in total. The van der Waals surface area contributed by atoms with Gasteiger partial charge in [0.05, 0.1) is 6.04 Å². The normalized spacial score (nSPS) is 12.8. The van der Waals surface area contributed by atoms with Gasteiger partial charge in [-0.2, -0.15) is 0 Å². The van der Waals surface area contributed by atoms with Gasteiger partial charge >= 0.3 is 6.09 Å². The highest BCUT2D eigenvalue weighted by Gasteiger charge is 2.26. The summed E-state index contributed by atoms with van der Waals surface area (Å²) in [4.78, 5) is 24.8. The maximum Gasteiger partial charge on any atom is 0.408 e. The quantitative estimate of drug-likeness (QED) is 0.802. The number of benzene rings is 2. The van der Waals surface area contributed by atoms with E-state index in [1.165, 1.54) is 10.8 Å². The summed E-state index contributed by atoms with van der Waals surface area (Å²) in [6.45, 7) is 9.27. The maximum atomic E-state index is 12.7. The van der Waals surface area contributed by atoms with E-state index in [2.05, 4.69) is 29.6 Å². The van der Waals surface area contributed by atoms with Crippen molar-refractivity contribution in [2.75, 3.05) is 0 Å². The molecule has 4 heteroatoms. The summed E-state index contributed by atoms with van der Waals surface area (Å²) in [6, 6.07) is 13.8. The molecular weight excluding hydrogens is 326 g/mol. The molecule has 0 radical (unpaired) electrons. The number of fused-ring (bicyclic) bond motifs is 1. The number of Topliss-reactive ketones (excluding diaryl/α,β-unsaturated/α-hetero) is 1. The first-order valence-corrected chi connectivity index (χ1v) is 9.16. The Bertz CT molecular complexity index is 769. The van der Waals surface area contributed by atoms with E-state index in [1.807, 2.05) is 32.0 Å². The second-order valence-corrected chi connectivity index (χ2v) is 7.97. The molecule has 140 valence electrons. The number of hydrogen-bond donors (Lipinski definition) is 1. The van der Waals surface area contributed by atoms with Crippen LogP contribution in [0.4, 0.5) is 4.79 Å². The van der Waals surface area contributed by atoms with Gasteiger partial charge in [-0.3, -0.25) is 4.79 Å². The van der Waals surface area contributed by atoms with Gasteiger partial charge < -0.3 is 10.1 Å². The molecule has 0 spiro atoms. The van der Waals surface area contributed by atoms with Crippen molar-refractivity contribution in [3.05, 3.63) is 48.0 Å². The van der Waals surface area contributed by atoms with Crippen molar-refractivity contribution in [2.24, 2.45) is 5.92 Å². The Balaban J connectivity index is 2.04. The largest absolute Gasteiger partial charge is 0.444 e. The van der Waals surface area contributed by atoms with Crippen molar-refractivity contribution >= 4 is 22.6 Å².